The molecule has 2 aromatic carbocycles. The molecule has 5 N–H and O–H groups in total. The van der Waals surface area contributed by atoms with Gasteiger partial charge in [0.2, 0.25) is 35.4 Å². The number of nitrogens with one attached hydrogen (secondary N) is 5. The lowest BCUT2D eigenvalue weighted by molar-refractivity contribution is -0.155. The maximum Gasteiger partial charge on any atom is 0.409 e. The number of allylic oxidation sites excluding steroid dienone is 1. The van der Waals surface area contributed by atoms with Crippen LogP contribution < -0.4 is 26.6 Å². The third kappa shape index (κ3) is 42.2. The Morgan fingerprint density at radius 3 is 1.72 bits per heavy atom. The van der Waals surface area contributed by atoms with Crippen LogP contribution in [0.4, 0.5) is 15.3 Å². The minimum atomic E-state index is -1.40. The van der Waals surface area contributed by atoms with E-state index in [2.05, 4.69) is 26.6 Å². The number of hydrogen-bond donors (Lipinski definition) is 5. The van der Waals surface area contributed by atoms with Crippen LogP contribution in [0.25, 0.3) is 0 Å². The molecular formula is C94H144N10O26. The summed E-state index contributed by atoms with van der Waals surface area (Å²) in [4.78, 5) is 208. The van der Waals surface area contributed by atoms with Crippen molar-refractivity contribution in [3.05, 3.63) is 101 Å². The van der Waals surface area contributed by atoms with Gasteiger partial charge in [0.05, 0.1) is 98.5 Å². The molecule has 0 spiro atoms. The Hall–Kier alpha value is -10.4. The number of carbonyl (C=O) groups is 15. The number of nitrogens with zero attached hydrogens (tertiary/aromatic N) is 5. The number of anilines is 1. The smallest absolute Gasteiger partial charge is 0.409 e. The minimum Gasteiger partial charge on any atom is -0.456 e. The molecular weight excluding hydrogens is 1690 g/mol. The van der Waals surface area contributed by atoms with Crippen LogP contribution >= 0.6 is 0 Å². The van der Waals surface area contributed by atoms with E-state index in [-0.39, 0.29) is 118 Å². The SMILES string of the molecule is C/C=C(\C)[C@H]1OC(=O)[C@@H](C)NC(=O)[C@H](C(C)CC)NC(=O)CN(C)C(=O)[C@@H](Cc2ccccc2)N(C)C(=O)[C@H](C)NC(=O)[C@@H](CC(C)C)OC(=O)/C(C)=C/C[C@H](OC(=O)N(C)CCN(C)C(=O)OCc2ccc(NC(=O)[C@@H](C)CC(=O)[C@H](NC(=O)CCOCCOCCOCCOCCOCCOCCOCCCC(=O)CCCCCN3C(=O)C=CC3=O)C(C)C)cc2)[C@@H]1C. The van der Waals surface area contributed by atoms with Gasteiger partial charge in [0.15, 0.2) is 11.9 Å². The first-order valence-electron chi connectivity index (χ1n) is 45.1. The number of unbranched alkanes of at least 4 members (excludes halogenated alkanes) is 2. The number of Topliss-reactive ketones (excluding diaryl/α,β-unsaturated/α-hetero) is 2. The fourth-order valence-corrected chi connectivity index (χ4v) is 13.5. The summed E-state index contributed by atoms with van der Waals surface area (Å²) in [6.07, 6.45) is 4.25. The van der Waals surface area contributed by atoms with Crippen molar-refractivity contribution < 1.29 is 124 Å². The van der Waals surface area contributed by atoms with E-state index in [1.807, 2.05) is 20.8 Å². The fraction of sp³-hybridized carbons (Fsp3) is 0.649. The van der Waals surface area contributed by atoms with Gasteiger partial charge in [-0.2, -0.15) is 0 Å². The van der Waals surface area contributed by atoms with E-state index in [4.69, 9.17) is 52.1 Å². The number of imide groups is 1. The standard InChI is InChI=1S/C94H144N10O26/c1-18-64(7)84-88(113)96-70(13)92(117)130-85(65(8)19-2)68(11)77(36-31-66(9)91(116)128-78(57-62(3)4)87(112)95-69(12)89(114)103(17)75(59-71-27-22-20-23-28-71)90(115)102(16)60-80(108)99-84)129-94(119)101(15)42-41-100(14)93(118)127-61-72-32-34-73(35-33-72)97-86(111)67(10)58-76(106)83(63(5)6)98-79(107)39-44-121-46-48-123-50-52-125-54-56-126-55-53-124-51-49-122-47-45-120-43-26-30-74(105)29-24-21-25-40-104-81(109)37-38-82(104)110/h19-20,22-23,27-28,31-35,37-38,62-64,67-70,75,77-78,83-85H,18,21,24-26,29-30,36,39-61H2,1-17H3,(H,95,112)(H,96,113)(H,97,111)(H,98,107)(H,99,108)/b65-19+,66-31+/t64?,67-,68-,69-,70+,75+,77-,78+,83+,84-,85+/m0/s1. The number of hydrogen-bond acceptors (Lipinski definition) is 26. The van der Waals surface area contributed by atoms with Gasteiger partial charge < -0.3 is 98.3 Å². The number of esters is 2. The summed E-state index contributed by atoms with van der Waals surface area (Å²) in [5, 5.41) is 13.7. The molecule has 726 valence electrons. The predicted molar refractivity (Wildman–Crippen MR) is 482 cm³/mol. The Kier molecular flexibility index (Phi) is 52.8. The number of likely N-dealkylation sites (N-methyl/N-ethyl adjacent to an activating group) is 4. The lowest BCUT2D eigenvalue weighted by atomic mass is 9.90. The zero-order valence-corrected chi connectivity index (χ0v) is 79.3. The maximum atomic E-state index is 14.4. The number of rotatable bonds is 51. The first kappa shape index (κ1) is 112. The molecule has 0 saturated carbocycles. The number of amides is 11. The molecule has 11 atom stereocenters. The first-order chi connectivity index (χ1) is 61.9. The Bertz CT molecular complexity index is 4010. The predicted octanol–water partition coefficient (Wildman–Crippen LogP) is 7.60. The molecule has 2 aliphatic rings. The van der Waals surface area contributed by atoms with Gasteiger partial charge in [-0.25, -0.2) is 19.2 Å². The van der Waals surface area contributed by atoms with Crippen LogP contribution in [0.3, 0.4) is 0 Å². The quantitative estimate of drug-likeness (QED) is 0.0140. The van der Waals surface area contributed by atoms with Crippen molar-refractivity contribution in [2.75, 3.05) is 152 Å². The van der Waals surface area contributed by atoms with E-state index in [1.54, 1.807) is 109 Å². The highest BCUT2D eigenvalue weighted by atomic mass is 16.6. The molecule has 2 aromatic rings. The van der Waals surface area contributed by atoms with Crippen LogP contribution in [0.15, 0.2) is 90.0 Å². The molecule has 36 heteroatoms. The summed E-state index contributed by atoms with van der Waals surface area (Å²) >= 11 is 0. The monoisotopic (exact) mass is 1830 g/mol. The van der Waals surface area contributed by atoms with Crippen LogP contribution in [-0.2, 0) is 127 Å². The molecule has 2 aliphatic heterocycles. The Morgan fingerprint density at radius 2 is 1.17 bits per heavy atom. The van der Waals surface area contributed by atoms with Crippen molar-refractivity contribution >= 4 is 94.5 Å². The minimum absolute atomic E-state index is 0.00350. The van der Waals surface area contributed by atoms with Crippen molar-refractivity contribution in [2.45, 2.75) is 222 Å². The molecule has 0 fully saturated rings. The van der Waals surface area contributed by atoms with Crippen molar-refractivity contribution in [1.82, 2.24) is 45.8 Å². The number of ketones is 2. The van der Waals surface area contributed by atoms with Gasteiger partial charge in [-0.15, -0.1) is 0 Å². The van der Waals surface area contributed by atoms with E-state index < -0.39 is 132 Å². The molecule has 0 bridgehead atoms. The number of carbonyl (C=O) groups excluding carboxylic acids is 15. The van der Waals surface area contributed by atoms with Crippen LogP contribution in [0.1, 0.15) is 172 Å². The van der Waals surface area contributed by atoms with Crippen molar-refractivity contribution in [3.63, 3.8) is 0 Å². The van der Waals surface area contributed by atoms with E-state index in [0.29, 0.717) is 134 Å². The highest BCUT2D eigenvalue weighted by Crippen LogP contribution is 2.28. The Labute approximate surface area is 766 Å². The Balaban J connectivity index is 1.21. The highest BCUT2D eigenvalue weighted by molar-refractivity contribution is 6.13. The van der Waals surface area contributed by atoms with Crippen molar-refractivity contribution in [1.29, 1.82) is 0 Å². The molecule has 11 amide bonds. The van der Waals surface area contributed by atoms with Gasteiger partial charge in [0, 0.05) is 128 Å². The second-order valence-corrected chi connectivity index (χ2v) is 33.7. The molecule has 0 aliphatic carbocycles. The van der Waals surface area contributed by atoms with Crippen molar-refractivity contribution in [2.24, 2.45) is 29.6 Å². The first-order valence-corrected chi connectivity index (χ1v) is 45.1. The number of ether oxygens (including phenoxy) is 11. The van der Waals surface area contributed by atoms with Gasteiger partial charge in [-0.1, -0.05) is 123 Å². The third-order valence-electron chi connectivity index (χ3n) is 22.0. The summed E-state index contributed by atoms with van der Waals surface area (Å²) < 4.78 is 62.7. The van der Waals surface area contributed by atoms with Crippen molar-refractivity contribution in [3.8, 4) is 0 Å². The van der Waals surface area contributed by atoms with E-state index >= 15 is 0 Å². The number of benzene rings is 2. The highest BCUT2D eigenvalue weighted by Gasteiger charge is 2.39. The average molecular weight is 1830 g/mol. The van der Waals surface area contributed by atoms with Gasteiger partial charge in [-0.3, -0.25) is 57.6 Å². The van der Waals surface area contributed by atoms with Gasteiger partial charge >= 0.3 is 24.1 Å². The molecule has 0 saturated heterocycles. The van der Waals surface area contributed by atoms with Crippen LogP contribution in [0, 0.1) is 29.6 Å². The zero-order valence-electron chi connectivity index (χ0n) is 79.3. The second kappa shape index (κ2) is 61.3. The summed E-state index contributed by atoms with van der Waals surface area (Å²) in [7, 11) is 5.70. The summed E-state index contributed by atoms with van der Waals surface area (Å²) in [5.74, 6) is -9.45. The average Bonchev–Trinajstić information content (AvgIpc) is 1.02. The normalized spacial score (nSPS) is 20.3. The van der Waals surface area contributed by atoms with E-state index in [0.717, 1.165) is 17.7 Å². The van der Waals surface area contributed by atoms with E-state index in [1.165, 1.54) is 86.8 Å². The molecule has 2 heterocycles. The molecule has 130 heavy (non-hydrogen) atoms. The zero-order chi connectivity index (χ0) is 96.4. The lowest BCUT2D eigenvalue weighted by Gasteiger charge is -2.33. The topological polar surface area (TPSA) is 434 Å². The van der Waals surface area contributed by atoms with E-state index in [9.17, 15) is 71.9 Å². The van der Waals surface area contributed by atoms with Gasteiger partial charge in [0.25, 0.3) is 17.7 Å². The third-order valence-corrected chi connectivity index (χ3v) is 22.0. The molecule has 1 unspecified atom stereocenters. The van der Waals surface area contributed by atoms with Crippen LogP contribution in [-0.4, -0.2) is 309 Å². The molecule has 0 radical (unpaired) electrons. The second-order valence-electron chi connectivity index (χ2n) is 33.7. The van der Waals surface area contributed by atoms with Gasteiger partial charge in [0.1, 0.15) is 48.8 Å². The fourth-order valence-electron chi connectivity index (χ4n) is 13.5. The Morgan fingerprint density at radius 1 is 0.623 bits per heavy atom. The summed E-state index contributed by atoms with van der Waals surface area (Å²) in [5.41, 5.74) is 2.20. The summed E-state index contributed by atoms with van der Waals surface area (Å²) in [6.45, 7) is 26.2. The van der Waals surface area contributed by atoms with Gasteiger partial charge in [-0.05, 0) is 107 Å². The molecule has 36 nitrogen and oxygen atoms in total. The van der Waals surface area contributed by atoms with Crippen LogP contribution in [0.2, 0.25) is 0 Å². The number of cyclic esters (lactones) is 2. The molecule has 4 rings (SSSR count). The van der Waals surface area contributed by atoms with Crippen LogP contribution in [0.5, 0.6) is 0 Å². The molecule has 0 aromatic heterocycles. The largest absolute Gasteiger partial charge is 0.456 e. The lowest BCUT2D eigenvalue weighted by Crippen LogP contribution is -2.57. The summed E-state index contributed by atoms with van der Waals surface area (Å²) in [6, 6.07) is 9.62. The maximum absolute atomic E-state index is 14.4.